The summed E-state index contributed by atoms with van der Waals surface area (Å²) in [7, 11) is 4.76. The van der Waals surface area contributed by atoms with Crippen molar-refractivity contribution >= 4 is 48.1 Å². The van der Waals surface area contributed by atoms with Gasteiger partial charge in [0.25, 0.3) is 0 Å². The zero-order valence-electron chi connectivity index (χ0n) is 34.4. The predicted molar refractivity (Wildman–Crippen MR) is 213 cm³/mol. The molecule has 318 valence electrons. The van der Waals surface area contributed by atoms with E-state index in [-0.39, 0.29) is 37.4 Å². The Morgan fingerprint density at radius 1 is 0.929 bits per heavy atom. The Labute approximate surface area is 336 Å². The second-order valence-corrected chi connectivity index (χ2v) is 19.0. The summed E-state index contributed by atoms with van der Waals surface area (Å²) in [6, 6.07) is 0. The number of carbonyl (C=O) groups excluding carboxylic acids is 5. The third-order valence-corrected chi connectivity index (χ3v) is 14.8. The molecule has 3 saturated carbocycles. The van der Waals surface area contributed by atoms with E-state index < -0.39 is 94.0 Å². The Bertz CT molecular complexity index is 1490. The third-order valence-electron chi connectivity index (χ3n) is 13.6. The van der Waals surface area contributed by atoms with Gasteiger partial charge in [0.1, 0.15) is 30.0 Å². The Hall–Kier alpha value is -2.17. The van der Waals surface area contributed by atoms with Gasteiger partial charge in [-0.3, -0.25) is 14.4 Å². The molecular formula is C41H66O13P2. The third kappa shape index (κ3) is 9.81. The highest BCUT2D eigenvalue weighted by Gasteiger charge is 2.69. The minimum absolute atomic E-state index is 0.110. The normalized spacial score (nSPS) is 34.2. The van der Waals surface area contributed by atoms with Crippen LogP contribution >= 0.6 is 18.5 Å². The predicted octanol–water partition coefficient (Wildman–Crippen LogP) is 5.58. The van der Waals surface area contributed by atoms with Gasteiger partial charge in [-0.25, -0.2) is 9.59 Å². The first kappa shape index (κ1) is 46.5. The second kappa shape index (κ2) is 18.8. The number of aliphatic hydroxyl groups is 3. The monoisotopic (exact) mass is 828 g/mol. The number of esters is 4. The number of carbonyl (C=O) groups is 5. The van der Waals surface area contributed by atoms with Crippen LogP contribution in [-0.4, -0.2) is 99.4 Å². The van der Waals surface area contributed by atoms with Crippen molar-refractivity contribution in [1.82, 2.24) is 0 Å². The molecule has 4 aliphatic carbocycles. The van der Waals surface area contributed by atoms with Crippen molar-refractivity contribution in [2.45, 2.75) is 174 Å². The maximum atomic E-state index is 14.0. The highest BCUT2D eigenvalue weighted by atomic mass is 31.0. The minimum atomic E-state index is -1.96. The van der Waals surface area contributed by atoms with Gasteiger partial charge in [0, 0.05) is 48.6 Å². The van der Waals surface area contributed by atoms with E-state index in [9.17, 15) is 39.3 Å². The molecule has 2 bridgehead atoms. The zero-order valence-corrected chi connectivity index (χ0v) is 36.7. The molecule has 0 radical (unpaired) electrons. The molecule has 4 aliphatic rings. The van der Waals surface area contributed by atoms with Crippen molar-refractivity contribution in [2.75, 3.05) is 6.61 Å². The molecule has 0 aliphatic heterocycles. The molecule has 15 heteroatoms. The van der Waals surface area contributed by atoms with Gasteiger partial charge in [-0.15, -0.1) is 9.24 Å². The fourth-order valence-electron chi connectivity index (χ4n) is 10.2. The van der Waals surface area contributed by atoms with E-state index in [0.29, 0.717) is 36.8 Å². The molecule has 0 spiro atoms. The van der Waals surface area contributed by atoms with Crippen LogP contribution in [0.2, 0.25) is 0 Å². The Morgan fingerprint density at radius 2 is 1.57 bits per heavy atom. The van der Waals surface area contributed by atoms with Gasteiger partial charge >= 0.3 is 29.6 Å². The van der Waals surface area contributed by atoms with Crippen molar-refractivity contribution in [2.24, 2.45) is 34.5 Å². The average molecular weight is 829 g/mol. The minimum Gasteiger partial charge on any atom is -0.466 e. The van der Waals surface area contributed by atoms with Gasteiger partial charge in [-0.05, 0) is 90.5 Å². The number of hydrogen-bond donors (Lipinski definition) is 3. The summed E-state index contributed by atoms with van der Waals surface area (Å²) < 4.78 is 29.2. The number of ether oxygens (including phenoxy) is 5. The summed E-state index contributed by atoms with van der Waals surface area (Å²) in [4.78, 5) is 64.2. The van der Waals surface area contributed by atoms with Gasteiger partial charge in [0.05, 0.1) is 19.1 Å². The van der Waals surface area contributed by atoms with Gasteiger partial charge < -0.3 is 39.0 Å². The molecule has 0 aromatic heterocycles. The first-order valence-electron chi connectivity index (χ1n) is 20.3. The number of fused-ring (bicyclic) bond motifs is 3. The fraction of sp³-hybridized carbons (Fsp3) is 0.829. The van der Waals surface area contributed by atoms with Crippen molar-refractivity contribution in [3.05, 3.63) is 11.1 Å². The van der Waals surface area contributed by atoms with Crippen molar-refractivity contribution in [1.29, 1.82) is 0 Å². The van der Waals surface area contributed by atoms with Crippen LogP contribution in [0.1, 0.15) is 126 Å². The summed E-state index contributed by atoms with van der Waals surface area (Å²) in [5.74, 6) is -4.39. The molecular weight excluding hydrogens is 762 g/mol. The van der Waals surface area contributed by atoms with Crippen LogP contribution in [0.4, 0.5) is 4.79 Å². The van der Waals surface area contributed by atoms with E-state index in [1.807, 2.05) is 16.2 Å². The van der Waals surface area contributed by atoms with Gasteiger partial charge in [0.2, 0.25) is 0 Å². The Kier molecular flexibility index (Phi) is 15.6. The van der Waals surface area contributed by atoms with Crippen molar-refractivity contribution in [3.8, 4) is 0 Å². The summed E-state index contributed by atoms with van der Waals surface area (Å²) in [5, 5.41) is 36.8. The Balaban J connectivity index is 1.76. The maximum Gasteiger partial charge on any atom is 0.335 e. The molecule has 0 aromatic carbocycles. The van der Waals surface area contributed by atoms with E-state index in [4.69, 9.17) is 23.7 Å². The van der Waals surface area contributed by atoms with E-state index in [1.165, 1.54) is 13.8 Å². The number of aliphatic hydroxyl groups excluding tert-OH is 2. The van der Waals surface area contributed by atoms with Crippen LogP contribution in [0, 0.1) is 34.5 Å². The standard InChI is InChI=1S/C41H66O13P2/c1-21(2)27(19-31(45)52-26-14-10-9-11-15-26)33(46)37(47)53-29-20-41(49)35(54-38(48)56)28-17-25(13-12-16-50-23(4)42)18-30(44)40(28,8)36(55)34(51-24(5)43)32(22(29)3)39(41,6)7/h21,25-30,33-36,44,46,49H,9-20,55-56H2,1-8H3. The summed E-state index contributed by atoms with van der Waals surface area (Å²) >= 11 is 0. The SMILES string of the molecule is CC(=O)OCCCC1CC(O)C2(C)C(P)C(OC(C)=O)C3=C(C)C(OC(=O)C(O)C(CC(=O)OC4CCCCC4)C(C)C)CC(O)(C(OC(=O)P)C2C1)C3(C)C. The average Bonchev–Trinajstić information content (AvgIpc) is 3.10. The first-order valence-corrected chi connectivity index (χ1v) is 21.5. The molecule has 0 aromatic rings. The molecule has 13 unspecified atom stereocenters. The quantitative estimate of drug-likeness (QED) is 0.0686. The lowest BCUT2D eigenvalue weighted by Gasteiger charge is -2.64. The largest absolute Gasteiger partial charge is 0.466 e. The fourth-order valence-corrected chi connectivity index (χ4v) is 11.1. The molecule has 4 rings (SSSR count). The van der Waals surface area contributed by atoms with Crippen LogP contribution in [0.25, 0.3) is 0 Å². The summed E-state index contributed by atoms with van der Waals surface area (Å²) in [6.07, 6.45) is -0.232. The number of hydrogen-bond acceptors (Lipinski definition) is 13. The summed E-state index contributed by atoms with van der Waals surface area (Å²) in [5.41, 5.74) is -4.77. The van der Waals surface area contributed by atoms with E-state index >= 15 is 0 Å². The van der Waals surface area contributed by atoms with Crippen molar-refractivity contribution < 1.29 is 63.0 Å². The van der Waals surface area contributed by atoms with Crippen LogP contribution in [-0.2, 0) is 42.9 Å². The zero-order chi connectivity index (χ0) is 41.9. The molecule has 3 N–H and O–H groups in total. The smallest absolute Gasteiger partial charge is 0.335 e. The van der Waals surface area contributed by atoms with Crippen LogP contribution < -0.4 is 0 Å². The topological polar surface area (TPSA) is 192 Å². The molecule has 3 fully saturated rings. The lowest BCUT2D eigenvalue weighted by molar-refractivity contribution is -0.228. The molecule has 56 heavy (non-hydrogen) atoms. The van der Waals surface area contributed by atoms with E-state index in [2.05, 4.69) is 9.24 Å². The van der Waals surface area contributed by atoms with Crippen LogP contribution in [0.3, 0.4) is 0 Å². The molecule has 13 atom stereocenters. The van der Waals surface area contributed by atoms with Crippen LogP contribution in [0.15, 0.2) is 11.1 Å². The molecule has 0 heterocycles. The molecule has 0 saturated heterocycles. The van der Waals surface area contributed by atoms with Gasteiger partial charge in [-0.2, -0.15) is 0 Å². The highest BCUT2D eigenvalue weighted by Crippen LogP contribution is 2.63. The summed E-state index contributed by atoms with van der Waals surface area (Å²) in [6.45, 7) is 13.6. The maximum absolute atomic E-state index is 14.0. The van der Waals surface area contributed by atoms with Crippen LogP contribution in [0.5, 0.6) is 0 Å². The van der Waals surface area contributed by atoms with Gasteiger partial charge in [-0.1, -0.05) is 41.0 Å². The molecule has 13 nitrogen and oxygen atoms in total. The lowest BCUT2D eigenvalue weighted by Crippen LogP contribution is -2.71. The van der Waals surface area contributed by atoms with Crippen molar-refractivity contribution in [3.63, 3.8) is 0 Å². The van der Waals surface area contributed by atoms with Gasteiger partial charge in [0.15, 0.2) is 6.10 Å². The Morgan fingerprint density at radius 3 is 2.14 bits per heavy atom. The first-order chi connectivity index (χ1) is 26.1. The lowest BCUT2D eigenvalue weighted by atomic mass is 9.47. The highest BCUT2D eigenvalue weighted by molar-refractivity contribution is 7.39. The van der Waals surface area contributed by atoms with E-state index in [0.717, 1.165) is 32.1 Å². The number of rotatable bonds is 13. The second-order valence-electron chi connectivity index (χ2n) is 17.8. The van der Waals surface area contributed by atoms with E-state index in [1.54, 1.807) is 34.6 Å². The molecule has 0 amide bonds.